The van der Waals surface area contributed by atoms with Crippen molar-refractivity contribution < 1.29 is 24.2 Å². The Morgan fingerprint density at radius 1 is 1.30 bits per heavy atom. The second-order valence-electron chi connectivity index (χ2n) is 6.36. The summed E-state index contributed by atoms with van der Waals surface area (Å²) in [5, 5.41) is 11.9. The van der Waals surface area contributed by atoms with Gasteiger partial charge >= 0.3 is 11.9 Å². The quantitative estimate of drug-likeness (QED) is 0.394. The van der Waals surface area contributed by atoms with E-state index < -0.39 is 24.0 Å². The molecule has 0 aromatic rings. The lowest BCUT2D eigenvalue weighted by atomic mass is 9.92. The van der Waals surface area contributed by atoms with Crippen molar-refractivity contribution in [1.82, 2.24) is 5.32 Å². The largest absolute Gasteiger partial charge is 0.481 e. The minimum atomic E-state index is -1.05. The molecule has 7 heteroatoms. The molecule has 4 N–H and O–H groups in total. The molecule has 2 rings (SSSR count). The number of allylic oxidation sites excluding steroid dienone is 1. The number of carbonyl (C=O) groups excluding carboxylic acids is 2. The second kappa shape index (κ2) is 7.59. The Balaban J connectivity index is 2.18. The molecule has 0 bridgehead atoms. The maximum Gasteiger partial charge on any atom is 0.326 e. The SMILES string of the molecule is COC(=O)C(N)C=C(N[C@@H](C=O)CC(=O)O)C(C1CC1)C1CC1. The van der Waals surface area contributed by atoms with Gasteiger partial charge in [-0.05, 0) is 43.6 Å². The molecule has 128 valence electrons. The Labute approximate surface area is 135 Å². The molecular formula is C16H24N2O5. The third-order valence-corrected chi connectivity index (χ3v) is 4.36. The van der Waals surface area contributed by atoms with Gasteiger partial charge in [0, 0.05) is 11.6 Å². The molecule has 7 nitrogen and oxygen atoms in total. The summed E-state index contributed by atoms with van der Waals surface area (Å²) in [5.41, 5.74) is 6.54. The molecule has 0 amide bonds. The van der Waals surface area contributed by atoms with Gasteiger partial charge in [0.05, 0.1) is 19.6 Å². The molecule has 0 saturated heterocycles. The molecule has 23 heavy (non-hydrogen) atoms. The number of rotatable bonds is 10. The van der Waals surface area contributed by atoms with Crippen LogP contribution < -0.4 is 11.1 Å². The highest BCUT2D eigenvalue weighted by molar-refractivity contribution is 5.78. The van der Waals surface area contributed by atoms with Gasteiger partial charge in [0.15, 0.2) is 0 Å². The Hall–Kier alpha value is -1.89. The van der Waals surface area contributed by atoms with Gasteiger partial charge in [-0.2, -0.15) is 0 Å². The van der Waals surface area contributed by atoms with Crippen molar-refractivity contribution in [2.45, 2.75) is 44.2 Å². The highest BCUT2D eigenvalue weighted by atomic mass is 16.5. The van der Waals surface area contributed by atoms with E-state index in [1.54, 1.807) is 6.08 Å². The summed E-state index contributed by atoms with van der Waals surface area (Å²) in [7, 11) is 1.26. The van der Waals surface area contributed by atoms with E-state index in [2.05, 4.69) is 10.1 Å². The first-order chi connectivity index (χ1) is 11.0. The van der Waals surface area contributed by atoms with Crippen LogP contribution in [0.5, 0.6) is 0 Å². The van der Waals surface area contributed by atoms with E-state index in [9.17, 15) is 14.4 Å². The Morgan fingerprint density at radius 3 is 2.26 bits per heavy atom. The standard InChI is InChI=1S/C16H24N2O5/c1-23-16(22)12(17)7-13(18-11(8-19)6-14(20)21)15(9-2-3-9)10-4-5-10/h7-12,15,18H,2-6,17H2,1H3,(H,20,21)/t11-,12?/m1/s1. The van der Waals surface area contributed by atoms with Crippen LogP contribution in [-0.2, 0) is 19.1 Å². The average molecular weight is 324 g/mol. The minimum absolute atomic E-state index is 0.210. The van der Waals surface area contributed by atoms with Crippen LogP contribution >= 0.6 is 0 Å². The highest BCUT2D eigenvalue weighted by Crippen LogP contribution is 2.51. The number of nitrogens with two attached hydrogens (primary N) is 1. The molecule has 0 heterocycles. The highest BCUT2D eigenvalue weighted by Gasteiger charge is 2.44. The summed E-state index contributed by atoms with van der Waals surface area (Å²) in [5.74, 6) is -0.371. The number of methoxy groups -OCH3 is 1. The van der Waals surface area contributed by atoms with Crippen LogP contribution in [0.3, 0.4) is 0 Å². The second-order valence-corrected chi connectivity index (χ2v) is 6.36. The van der Waals surface area contributed by atoms with E-state index in [1.165, 1.54) is 7.11 Å². The predicted octanol–water partition coefficient (Wildman–Crippen LogP) is 0.439. The van der Waals surface area contributed by atoms with Crippen LogP contribution in [0.15, 0.2) is 11.8 Å². The summed E-state index contributed by atoms with van der Waals surface area (Å²) in [4.78, 5) is 33.6. The minimum Gasteiger partial charge on any atom is -0.481 e. The summed E-state index contributed by atoms with van der Waals surface area (Å²) in [6, 6.07) is -1.76. The number of carboxylic acids is 1. The number of nitrogens with one attached hydrogen (secondary N) is 1. The van der Waals surface area contributed by atoms with Crippen molar-refractivity contribution in [3.8, 4) is 0 Å². The predicted molar refractivity (Wildman–Crippen MR) is 82.3 cm³/mol. The fourth-order valence-corrected chi connectivity index (χ4v) is 2.99. The summed E-state index contributed by atoms with van der Waals surface area (Å²) < 4.78 is 4.64. The van der Waals surface area contributed by atoms with E-state index in [-0.39, 0.29) is 12.3 Å². The van der Waals surface area contributed by atoms with Crippen molar-refractivity contribution in [2.24, 2.45) is 23.5 Å². The average Bonchev–Trinajstić information content (AvgIpc) is 3.39. The first-order valence-electron chi connectivity index (χ1n) is 7.95. The molecular weight excluding hydrogens is 300 g/mol. The van der Waals surface area contributed by atoms with E-state index in [4.69, 9.17) is 10.8 Å². The van der Waals surface area contributed by atoms with Crippen LogP contribution in [0.1, 0.15) is 32.1 Å². The van der Waals surface area contributed by atoms with E-state index in [1.807, 2.05) is 0 Å². The van der Waals surface area contributed by atoms with Gasteiger partial charge in [-0.15, -0.1) is 0 Å². The first kappa shape index (κ1) is 17.5. The molecule has 0 aromatic carbocycles. The third kappa shape index (κ3) is 5.06. The van der Waals surface area contributed by atoms with Gasteiger partial charge < -0.3 is 25.7 Å². The fraction of sp³-hybridized carbons (Fsp3) is 0.688. The zero-order chi connectivity index (χ0) is 17.0. The summed E-state index contributed by atoms with van der Waals surface area (Å²) >= 11 is 0. The van der Waals surface area contributed by atoms with Gasteiger partial charge in [0.25, 0.3) is 0 Å². The van der Waals surface area contributed by atoms with E-state index in [0.29, 0.717) is 23.8 Å². The molecule has 1 unspecified atom stereocenters. The molecule has 0 aromatic heterocycles. The zero-order valence-corrected chi connectivity index (χ0v) is 13.2. The monoisotopic (exact) mass is 324 g/mol. The van der Waals surface area contributed by atoms with Crippen molar-refractivity contribution in [2.75, 3.05) is 7.11 Å². The van der Waals surface area contributed by atoms with Gasteiger partial charge in [-0.3, -0.25) is 9.59 Å². The summed E-state index contributed by atoms with van der Waals surface area (Å²) in [6.45, 7) is 0. The first-order valence-corrected chi connectivity index (χ1v) is 7.95. The van der Waals surface area contributed by atoms with Crippen LogP contribution in [0, 0.1) is 17.8 Å². The van der Waals surface area contributed by atoms with Crippen molar-refractivity contribution in [3.05, 3.63) is 11.8 Å². The lowest BCUT2D eigenvalue weighted by Gasteiger charge is -2.25. The number of hydrogen-bond donors (Lipinski definition) is 3. The number of aliphatic carboxylic acids is 1. The van der Waals surface area contributed by atoms with Crippen molar-refractivity contribution >= 4 is 18.2 Å². The topological polar surface area (TPSA) is 119 Å². The Kier molecular flexibility index (Phi) is 5.76. The van der Waals surface area contributed by atoms with Crippen LogP contribution in [0.4, 0.5) is 0 Å². The zero-order valence-electron chi connectivity index (χ0n) is 13.2. The number of aldehydes is 1. The summed E-state index contributed by atoms with van der Waals surface area (Å²) in [6.07, 6.45) is 6.30. The number of carbonyl (C=O) groups is 3. The maximum absolute atomic E-state index is 11.6. The molecule has 2 fully saturated rings. The van der Waals surface area contributed by atoms with Crippen molar-refractivity contribution in [1.29, 1.82) is 0 Å². The van der Waals surface area contributed by atoms with Gasteiger partial charge in [0.1, 0.15) is 12.3 Å². The molecule has 0 spiro atoms. The van der Waals surface area contributed by atoms with Crippen molar-refractivity contribution in [3.63, 3.8) is 0 Å². The normalized spacial score (nSPS) is 20.7. The van der Waals surface area contributed by atoms with Crippen LogP contribution in [0.25, 0.3) is 0 Å². The number of esters is 1. The third-order valence-electron chi connectivity index (χ3n) is 4.36. The van der Waals surface area contributed by atoms with Gasteiger partial charge in [-0.25, -0.2) is 0 Å². The Bertz CT molecular complexity index is 485. The molecule has 2 aliphatic carbocycles. The van der Waals surface area contributed by atoms with Gasteiger partial charge in [-0.1, -0.05) is 0 Å². The molecule has 2 aliphatic rings. The molecule has 2 atom stereocenters. The number of hydrogen-bond acceptors (Lipinski definition) is 6. The Morgan fingerprint density at radius 2 is 1.87 bits per heavy atom. The lowest BCUT2D eigenvalue weighted by Crippen LogP contribution is -2.38. The fourth-order valence-electron chi connectivity index (χ4n) is 2.99. The maximum atomic E-state index is 11.6. The van der Waals surface area contributed by atoms with Crippen LogP contribution in [-0.4, -0.2) is 42.5 Å². The number of carboxylic acid groups (broad SMARTS) is 1. The van der Waals surface area contributed by atoms with Gasteiger partial charge in [0.2, 0.25) is 0 Å². The molecule has 2 saturated carbocycles. The lowest BCUT2D eigenvalue weighted by molar-refractivity contribution is -0.141. The van der Waals surface area contributed by atoms with Crippen LogP contribution in [0.2, 0.25) is 0 Å². The number of ether oxygens (including phenoxy) is 1. The smallest absolute Gasteiger partial charge is 0.326 e. The van der Waals surface area contributed by atoms with E-state index >= 15 is 0 Å². The van der Waals surface area contributed by atoms with E-state index in [0.717, 1.165) is 25.7 Å². The molecule has 0 aliphatic heterocycles. The molecule has 0 radical (unpaired) electrons.